The first kappa shape index (κ1) is 15.9. The Labute approximate surface area is 134 Å². The molecule has 0 saturated carbocycles. The van der Waals surface area contributed by atoms with Gasteiger partial charge in [0.1, 0.15) is 11.5 Å². The molecule has 0 saturated heterocycles. The predicted molar refractivity (Wildman–Crippen MR) is 88.9 cm³/mol. The third-order valence-electron chi connectivity index (χ3n) is 3.45. The van der Waals surface area contributed by atoms with E-state index in [1.807, 2.05) is 30.3 Å². The largest absolute Gasteiger partial charge is 0.496 e. The fourth-order valence-corrected chi connectivity index (χ4v) is 2.69. The lowest BCUT2D eigenvalue weighted by atomic mass is 10.1. The first-order valence-corrected chi connectivity index (χ1v) is 7.63. The van der Waals surface area contributed by atoms with Gasteiger partial charge in [-0.2, -0.15) is 0 Å². The molecule has 0 aromatic heterocycles. The van der Waals surface area contributed by atoms with E-state index in [4.69, 9.17) is 9.47 Å². The molecule has 0 unspecified atom stereocenters. The predicted octanol–water partition coefficient (Wildman–Crippen LogP) is 4.32. The summed E-state index contributed by atoms with van der Waals surface area (Å²) in [6.45, 7) is 2.85. The van der Waals surface area contributed by atoms with Gasteiger partial charge in [-0.1, -0.05) is 34.1 Å². The molecule has 0 aliphatic rings. The van der Waals surface area contributed by atoms with E-state index in [-0.39, 0.29) is 6.04 Å². The maximum atomic E-state index is 5.41. The summed E-state index contributed by atoms with van der Waals surface area (Å²) in [7, 11) is 3.39. The quantitative estimate of drug-likeness (QED) is 0.842. The summed E-state index contributed by atoms with van der Waals surface area (Å²) in [5.41, 5.74) is 2.27. The van der Waals surface area contributed by atoms with Crippen LogP contribution < -0.4 is 14.8 Å². The second-order valence-corrected chi connectivity index (χ2v) is 5.72. The molecule has 0 aliphatic heterocycles. The summed E-state index contributed by atoms with van der Waals surface area (Å²) < 4.78 is 11.9. The van der Waals surface area contributed by atoms with E-state index in [9.17, 15) is 0 Å². The van der Waals surface area contributed by atoms with Crippen LogP contribution in [-0.2, 0) is 6.54 Å². The summed E-state index contributed by atoms with van der Waals surface area (Å²) in [4.78, 5) is 0. The first-order chi connectivity index (χ1) is 10.2. The molecule has 0 fully saturated rings. The van der Waals surface area contributed by atoms with Crippen LogP contribution in [-0.4, -0.2) is 14.2 Å². The normalized spacial score (nSPS) is 12.0. The Morgan fingerprint density at radius 1 is 1.05 bits per heavy atom. The molecule has 4 heteroatoms. The molecular formula is C17H20BrNO2. The van der Waals surface area contributed by atoms with Gasteiger partial charge in [-0.05, 0) is 31.2 Å². The monoisotopic (exact) mass is 349 g/mol. The lowest BCUT2D eigenvalue weighted by Crippen LogP contribution is -2.19. The number of para-hydroxylation sites is 1. The average Bonchev–Trinajstić information content (AvgIpc) is 2.52. The Morgan fingerprint density at radius 3 is 2.48 bits per heavy atom. The highest BCUT2D eigenvalue weighted by atomic mass is 79.9. The van der Waals surface area contributed by atoms with Gasteiger partial charge in [0.25, 0.3) is 0 Å². The third kappa shape index (κ3) is 3.99. The zero-order valence-electron chi connectivity index (χ0n) is 12.5. The number of methoxy groups -OCH3 is 2. The molecule has 2 rings (SSSR count). The Hall–Kier alpha value is -1.52. The van der Waals surface area contributed by atoms with Gasteiger partial charge in [-0.25, -0.2) is 0 Å². The number of ether oxygens (including phenoxy) is 2. The molecular weight excluding hydrogens is 330 g/mol. The molecule has 3 nitrogen and oxygen atoms in total. The Kier molecular flexibility index (Phi) is 5.65. The molecule has 21 heavy (non-hydrogen) atoms. The lowest BCUT2D eigenvalue weighted by molar-refractivity contribution is 0.397. The SMILES string of the molecule is COc1ccc(Br)cc1CN[C@@H](C)c1ccccc1OC. The number of hydrogen-bond donors (Lipinski definition) is 1. The van der Waals surface area contributed by atoms with Crippen LogP contribution in [0.15, 0.2) is 46.9 Å². The van der Waals surface area contributed by atoms with Gasteiger partial charge in [-0.15, -0.1) is 0 Å². The number of halogens is 1. The molecule has 112 valence electrons. The van der Waals surface area contributed by atoms with Crippen LogP contribution in [0.4, 0.5) is 0 Å². The Bertz CT molecular complexity index is 601. The van der Waals surface area contributed by atoms with E-state index in [1.165, 1.54) is 0 Å². The molecule has 1 atom stereocenters. The summed E-state index contributed by atoms with van der Waals surface area (Å²) in [5.74, 6) is 1.79. The second-order valence-electron chi connectivity index (χ2n) is 4.80. The summed E-state index contributed by atoms with van der Waals surface area (Å²) >= 11 is 3.50. The van der Waals surface area contributed by atoms with Gasteiger partial charge in [-0.3, -0.25) is 0 Å². The van der Waals surface area contributed by atoms with E-state index in [2.05, 4.69) is 40.3 Å². The number of rotatable bonds is 6. The topological polar surface area (TPSA) is 30.5 Å². The molecule has 0 spiro atoms. The van der Waals surface area contributed by atoms with Gasteiger partial charge in [0, 0.05) is 28.2 Å². The third-order valence-corrected chi connectivity index (χ3v) is 3.94. The zero-order valence-corrected chi connectivity index (χ0v) is 14.1. The maximum Gasteiger partial charge on any atom is 0.123 e. The van der Waals surface area contributed by atoms with Gasteiger partial charge in [0.15, 0.2) is 0 Å². The summed E-state index contributed by atoms with van der Waals surface area (Å²) in [6.07, 6.45) is 0. The first-order valence-electron chi connectivity index (χ1n) is 6.84. The van der Waals surface area contributed by atoms with Crippen LogP contribution in [0.5, 0.6) is 11.5 Å². The van der Waals surface area contributed by atoms with Crippen molar-refractivity contribution < 1.29 is 9.47 Å². The van der Waals surface area contributed by atoms with Crippen LogP contribution in [0.1, 0.15) is 24.1 Å². The van der Waals surface area contributed by atoms with Crippen molar-refractivity contribution >= 4 is 15.9 Å². The minimum absolute atomic E-state index is 0.185. The van der Waals surface area contributed by atoms with Crippen molar-refractivity contribution in [2.45, 2.75) is 19.5 Å². The standard InChI is InChI=1S/C17H20BrNO2/c1-12(15-6-4-5-7-17(15)21-3)19-11-13-10-14(18)8-9-16(13)20-2/h4-10,12,19H,11H2,1-3H3/t12-/m0/s1. The molecule has 0 aliphatic carbocycles. The van der Waals surface area contributed by atoms with Crippen molar-refractivity contribution in [1.82, 2.24) is 5.32 Å². The maximum absolute atomic E-state index is 5.41. The van der Waals surface area contributed by atoms with E-state index in [0.29, 0.717) is 0 Å². The number of hydrogen-bond acceptors (Lipinski definition) is 3. The highest BCUT2D eigenvalue weighted by Crippen LogP contribution is 2.26. The molecule has 2 aromatic rings. The summed E-state index contributed by atoms with van der Waals surface area (Å²) in [6, 6.07) is 14.3. The molecule has 0 amide bonds. The van der Waals surface area contributed by atoms with Crippen molar-refractivity contribution in [2.24, 2.45) is 0 Å². The van der Waals surface area contributed by atoms with Crippen molar-refractivity contribution in [3.63, 3.8) is 0 Å². The highest BCUT2D eigenvalue weighted by molar-refractivity contribution is 9.10. The molecule has 0 heterocycles. The van der Waals surface area contributed by atoms with Gasteiger partial charge in [0.05, 0.1) is 14.2 Å². The average molecular weight is 350 g/mol. The van der Waals surface area contributed by atoms with E-state index in [1.54, 1.807) is 14.2 Å². The zero-order chi connectivity index (χ0) is 15.2. The van der Waals surface area contributed by atoms with Crippen molar-refractivity contribution in [1.29, 1.82) is 0 Å². The van der Waals surface area contributed by atoms with Gasteiger partial charge >= 0.3 is 0 Å². The summed E-state index contributed by atoms with van der Waals surface area (Å²) in [5, 5.41) is 3.51. The van der Waals surface area contributed by atoms with Crippen molar-refractivity contribution in [3.05, 3.63) is 58.1 Å². The number of nitrogens with one attached hydrogen (secondary N) is 1. The van der Waals surface area contributed by atoms with E-state index < -0.39 is 0 Å². The molecule has 0 bridgehead atoms. The van der Waals surface area contributed by atoms with E-state index >= 15 is 0 Å². The van der Waals surface area contributed by atoms with Crippen LogP contribution in [0.3, 0.4) is 0 Å². The van der Waals surface area contributed by atoms with E-state index in [0.717, 1.165) is 33.6 Å². The molecule has 1 N–H and O–H groups in total. The van der Waals surface area contributed by atoms with Gasteiger partial charge in [0.2, 0.25) is 0 Å². The minimum Gasteiger partial charge on any atom is -0.496 e. The van der Waals surface area contributed by atoms with Crippen molar-refractivity contribution in [3.8, 4) is 11.5 Å². The second kappa shape index (κ2) is 7.48. The molecule has 2 aromatic carbocycles. The van der Waals surface area contributed by atoms with Crippen LogP contribution in [0.2, 0.25) is 0 Å². The smallest absolute Gasteiger partial charge is 0.123 e. The molecule has 0 radical (unpaired) electrons. The fraction of sp³-hybridized carbons (Fsp3) is 0.294. The van der Waals surface area contributed by atoms with Crippen LogP contribution >= 0.6 is 15.9 Å². The van der Waals surface area contributed by atoms with Crippen LogP contribution in [0.25, 0.3) is 0 Å². The van der Waals surface area contributed by atoms with Crippen molar-refractivity contribution in [2.75, 3.05) is 14.2 Å². The highest BCUT2D eigenvalue weighted by Gasteiger charge is 2.11. The van der Waals surface area contributed by atoms with Gasteiger partial charge < -0.3 is 14.8 Å². The fourth-order valence-electron chi connectivity index (χ4n) is 2.28. The lowest BCUT2D eigenvalue weighted by Gasteiger charge is -2.18. The Morgan fingerprint density at radius 2 is 1.76 bits per heavy atom. The van der Waals surface area contributed by atoms with Crippen LogP contribution in [0, 0.1) is 0 Å². The Balaban J connectivity index is 2.11. The number of benzene rings is 2. The minimum atomic E-state index is 0.185.